The molecule has 4 heteroatoms. The summed E-state index contributed by atoms with van der Waals surface area (Å²) in [7, 11) is 1.72. The van der Waals surface area contributed by atoms with E-state index in [0.29, 0.717) is 5.25 Å². The van der Waals surface area contributed by atoms with Crippen LogP contribution in [0.1, 0.15) is 12.7 Å². The molecule has 1 unspecified atom stereocenters. The van der Waals surface area contributed by atoms with Crippen LogP contribution in [0.5, 0.6) is 0 Å². The predicted molar refractivity (Wildman–Crippen MR) is 64.2 cm³/mol. The van der Waals surface area contributed by atoms with Crippen molar-refractivity contribution in [3.05, 3.63) is 24.2 Å². The number of thioether (sulfide) groups is 1. The predicted octanol–water partition coefficient (Wildman–Crippen LogP) is 2.14. The molecule has 86 valence electrons. The van der Waals surface area contributed by atoms with E-state index >= 15 is 0 Å². The standard InChI is InChI=1S/C11H19NO2S/c1-10(8-12-5-7-13-2)15-9-11-4-3-6-14-11/h3-4,6,10,12H,5,7-9H2,1-2H3. The molecule has 1 aromatic heterocycles. The molecule has 1 N–H and O–H groups in total. The van der Waals surface area contributed by atoms with Crippen molar-refractivity contribution >= 4 is 11.8 Å². The lowest BCUT2D eigenvalue weighted by Gasteiger charge is -2.11. The van der Waals surface area contributed by atoms with E-state index in [1.165, 1.54) is 0 Å². The van der Waals surface area contributed by atoms with Crippen LogP contribution < -0.4 is 5.32 Å². The van der Waals surface area contributed by atoms with E-state index < -0.39 is 0 Å². The Labute approximate surface area is 95.6 Å². The van der Waals surface area contributed by atoms with Crippen LogP contribution in [0.2, 0.25) is 0 Å². The summed E-state index contributed by atoms with van der Waals surface area (Å²) >= 11 is 1.90. The van der Waals surface area contributed by atoms with Gasteiger partial charge >= 0.3 is 0 Å². The van der Waals surface area contributed by atoms with Gasteiger partial charge in [0.05, 0.1) is 18.6 Å². The van der Waals surface area contributed by atoms with Gasteiger partial charge in [-0.25, -0.2) is 0 Å². The summed E-state index contributed by atoms with van der Waals surface area (Å²) in [5.41, 5.74) is 0. The number of methoxy groups -OCH3 is 1. The summed E-state index contributed by atoms with van der Waals surface area (Å²) in [6.07, 6.45) is 1.72. The van der Waals surface area contributed by atoms with Crippen LogP contribution >= 0.6 is 11.8 Å². The van der Waals surface area contributed by atoms with E-state index in [9.17, 15) is 0 Å². The SMILES string of the molecule is COCCNCC(C)SCc1ccco1. The highest BCUT2D eigenvalue weighted by atomic mass is 32.2. The van der Waals surface area contributed by atoms with E-state index in [0.717, 1.165) is 31.2 Å². The summed E-state index contributed by atoms with van der Waals surface area (Å²) in [4.78, 5) is 0. The van der Waals surface area contributed by atoms with Gasteiger partial charge in [0, 0.05) is 25.4 Å². The van der Waals surface area contributed by atoms with Gasteiger partial charge in [-0.2, -0.15) is 0 Å². The first-order chi connectivity index (χ1) is 7.33. The van der Waals surface area contributed by atoms with Crippen LogP contribution in [0.15, 0.2) is 22.8 Å². The molecule has 1 rings (SSSR count). The van der Waals surface area contributed by atoms with Crippen molar-refractivity contribution in [2.45, 2.75) is 17.9 Å². The second-order valence-corrected chi connectivity index (χ2v) is 4.82. The van der Waals surface area contributed by atoms with Crippen LogP contribution in [0.4, 0.5) is 0 Å². The van der Waals surface area contributed by atoms with Crippen LogP contribution in [0, 0.1) is 0 Å². The Morgan fingerprint density at radius 3 is 3.13 bits per heavy atom. The zero-order chi connectivity index (χ0) is 10.9. The summed E-state index contributed by atoms with van der Waals surface area (Å²) in [5, 5.41) is 3.93. The molecule has 0 spiro atoms. The quantitative estimate of drug-likeness (QED) is 0.693. The summed E-state index contributed by atoms with van der Waals surface area (Å²) in [6.45, 7) is 4.92. The van der Waals surface area contributed by atoms with Gasteiger partial charge in [0.1, 0.15) is 5.76 Å². The second kappa shape index (κ2) is 7.79. The van der Waals surface area contributed by atoms with E-state index in [2.05, 4.69) is 12.2 Å². The lowest BCUT2D eigenvalue weighted by Crippen LogP contribution is -2.26. The average molecular weight is 229 g/mol. The van der Waals surface area contributed by atoms with Crippen molar-refractivity contribution in [2.24, 2.45) is 0 Å². The molecule has 0 saturated carbocycles. The van der Waals surface area contributed by atoms with Crippen molar-refractivity contribution in [3.8, 4) is 0 Å². The van der Waals surface area contributed by atoms with Gasteiger partial charge in [0.15, 0.2) is 0 Å². The third-order valence-electron chi connectivity index (χ3n) is 2.00. The summed E-state index contributed by atoms with van der Waals surface area (Å²) in [5.74, 6) is 1.99. The lowest BCUT2D eigenvalue weighted by atomic mass is 10.4. The monoisotopic (exact) mass is 229 g/mol. The highest BCUT2D eigenvalue weighted by Crippen LogP contribution is 2.17. The minimum atomic E-state index is 0.590. The van der Waals surface area contributed by atoms with Crippen LogP contribution in [0.3, 0.4) is 0 Å². The lowest BCUT2D eigenvalue weighted by molar-refractivity contribution is 0.199. The van der Waals surface area contributed by atoms with Gasteiger partial charge in [0.25, 0.3) is 0 Å². The summed E-state index contributed by atoms with van der Waals surface area (Å²) in [6, 6.07) is 3.94. The maximum absolute atomic E-state index is 5.27. The largest absolute Gasteiger partial charge is 0.468 e. The Morgan fingerprint density at radius 1 is 1.60 bits per heavy atom. The fraction of sp³-hybridized carbons (Fsp3) is 0.636. The molecule has 0 bridgehead atoms. The number of hydrogen-bond acceptors (Lipinski definition) is 4. The molecule has 1 atom stereocenters. The Kier molecular flexibility index (Phi) is 6.55. The molecule has 0 fully saturated rings. The Morgan fingerprint density at radius 2 is 2.47 bits per heavy atom. The maximum Gasteiger partial charge on any atom is 0.113 e. The first-order valence-corrected chi connectivity index (χ1v) is 6.21. The van der Waals surface area contributed by atoms with E-state index in [-0.39, 0.29) is 0 Å². The Bertz CT molecular complexity index is 239. The highest BCUT2D eigenvalue weighted by molar-refractivity contribution is 7.99. The third-order valence-corrected chi connectivity index (χ3v) is 3.19. The van der Waals surface area contributed by atoms with Gasteiger partial charge in [0.2, 0.25) is 0 Å². The number of nitrogens with one attached hydrogen (secondary N) is 1. The first kappa shape index (κ1) is 12.6. The molecule has 3 nitrogen and oxygen atoms in total. The van der Waals surface area contributed by atoms with Crippen LogP contribution in [-0.4, -0.2) is 32.1 Å². The number of ether oxygens (including phenoxy) is 1. The van der Waals surface area contributed by atoms with Gasteiger partial charge < -0.3 is 14.5 Å². The van der Waals surface area contributed by atoms with Crippen LogP contribution in [0.25, 0.3) is 0 Å². The van der Waals surface area contributed by atoms with E-state index in [1.54, 1.807) is 13.4 Å². The minimum Gasteiger partial charge on any atom is -0.468 e. The molecule has 1 heterocycles. The fourth-order valence-corrected chi connectivity index (χ4v) is 2.01. The molecule has 0 aliphatic rings. The molecular formula is C11H19NO2S. The molecule has 0 amide bonds. The van der Waals surface area contributed by atoms with Crippen molar-refractivity contribution in [1.29, 1.82) is 0 Å². The third kappa shape index (κ3) is 5.87. The molecule has 15 heavy (non-hydrogen) atoms. The zero-order valence-electron chi connectivity index (χ0n) is 9.36. The van der Waals surface area contributed by atoms with Gasteiger partial charge in [-0.05, 0) is 12.1 Å². The molecule has 0 saturated heterocycles. The van der Waals surface area contributed by atoms with Crippen molar-refractivity contribution in [1.82, 2.24) is 5.32 Å². The smallest absolute Gasteiger partial charge is 0.113 e. The second-order valence-electron chi connectivity index (χ2n) is 3.40. The molecule has 0 radical (unpaired) electrons. The summed E-state index contributed by atoms with van der Waals surface area (Å²) < 4.78 is 10.2. The fourth-order valence-electron chi connectivity index (χ4n) is 1.16. The molecule has 0 aliphatic carbocycles. The Hall–Kier alpha value is -0.450. The normalized spacial score (nSPS) is 12.9. The number of rotatable bonds is 8. The van der Waals surface area contributed by atoms with Gasteiger partial charge in [-0.1, -0.05) is 6.92 Å². The Balaban J connectivity index is 2.01. The first-order valence-electron chi connectivity index (χ1n) is 5.16. The van der Waals surface area contributed by atoms with Crippen LogP contribution in [-0.2, 0) is 10.5 Å². The highest BCUT2D eigenvalue weighted by Gasteiger charge is 2.03. The maximum atomic E-state index is 5.27. The molecular weight excluding hydrogens is 210 g/mol. The topological polar surface area (TPSA) is 34.4 Å². The van der Waals surface area contributed by atoms with Crippen molar-refractivity contribution in [2.75, 3.05) is 26.8 Å². The van der Waals surface area contributed by atoms with Gasteiger partial charge in [-0.3, -0.25) is 0 Å². The van der Waals surface area contributed by atoms with Crippen molar-refractivity contribution < 1.29 is 9.15 Å². The minimum absolute atomic E-state index is 0.590. The number of furan rings is 1. The molecule has 1 aromatic rings. The molecule has 0 aliphatic heterocycles. The van der Waals surface area contributed by atoms with Gasteiger partial charge in [-0.15, -0.1) is 11.8 Å². The molecule has 0 aromatic carbocycles. The van der Waals surface area contributed by atoms with E-state index in [4.69, 9.17) is 9.15 Å². The average Bonchev–Trinajstić information content (AvgIpc) is 2.74. The van der Waals surface area contributed by atoms with E-state index in [1.807, 2.05) is 23.9 Å². The number of hydrogen-bond donors (Lipinski definition) is 1. The zero-order valence-corrected chi connectivity index (χ0v) is 10.2. The van der Waals surface area contributed by atoms with Crippen molar-refractivity contribution in [3.63, 3.8) is 0 Å².